The van der Waals surface area contributed by atoms with E-state index in [1.165, 1.54) is 16.1 Å². The Balaban J connectivity index is 1.53. The quantitative estimate of drug-likeness (QED) is 0.552. The lowest BCUT2D eigenvalue weighted by atomic mass is 10.1. The number of hydrogen-bond donors (Lipinski definition) is 0. The van der Waals surface area contributed by atoms with E-state index >= 15 is 0 Å². The average Bonchev–Trinajstić information content (AvgIpc) is 3.17. The Kier molecular flexibility index (Phi) is 5.17. The number of fused-ring (bicyclic) bond motifs is 1. The van der Waals surface area contributed by atoms with Gasteiger partial charge < -0.3 is 14.4 Å². The van der Waals surface area contributed by atoms with Gasteiger partial charge in [0, 0.05) is 41.7 Å². The summed E-state index contributed by atoms with van der Waals surface area (Å²) in [5.41, 5.74) is 3.96. The van der Waals surface area contributed by atoms with E-state index in [4.69, 9.17) is 9.47 Å². The van der Waals surface area contributed by atoms with E-state index in [1.54, 1.807) is 11.3 Å². The molecule has 0 saturated heterocycles. The number of rotatable bonds is 6. The van der Waals surface area contributed by atoms with Gasteiger partial charge in [0.05, 0.1) is 5.00 Å². The Morgan fingerprint density at radius 3 is 2.71 bits per heavy atom. The number of ether oxygens (including phenoxy) is 2. The van der Waals surface area contributed by atoms with Gasteiger partial charge in [-0.1, -0.05) is 30.3 Å². The molecule has 0 radical (unpaired) electrons. The molecule has 28 heavy (non-hydrogen) atoms. The SMILES string of the molecule is CN(C)c1sc(COc2ccc3c(c2)OCC(C=O)=C3)cc1-c1ccccc1. The molecule has 1 aromatic heterocycles. The Morgan fingerprint density at radius 2 is 1.96 bits per heavy atom. The molecule has 5 heteroatoms. The summed E-state index contributed by atoms with van der Waals surface area (Å²) in [5, 5.41) is 1.21. The van der Waals surface area contributed by atoms with E-state index in [1.807, 2.05) is 30.3 Å². The van der Waals surface area contributed by atoms with E-state index in [2.05, 4.69) is 49.3 Å². The van der Waals surface area contributed by atoms with Gasteiger partial charge in [-0.15, -0.1) is 11.3 Å². The zero-order valence-electron chi connectivity index (χ0n) is 15.8. The molecule has 3 aromatic rings. The summed E-state index contributed by atoms with van der Waals surface area (Å²) in [7, 11) is 4.12. The van der Waals surface area contributed by atoms with Gasteiger partial charge in [-0.3, -0.25) is 4.79 Å². The van der Waals surface area contributed by atoms with Crippen LogP contribution in [-0.4, -0.2) is 27.0 Å². The highest BCUT2D eigenvalue weighted by Gasteiger charge is 2.15. The second-order valence-electron chi connectivity index (χ2n) is 6.81. The van der Waals surface area contributed by atoms with Crippen LogP contribution in [0.15, 0.2) is 60.2 Å². The van der Waals surface area contributed by atoms with Crippen molar-refractivity contribution in [2.45, 2.75) is 6.61 Å². The van der Waals surface area contributed by atoms with Gasteiger partial charge in [-0.05, 0) is 29.8 Å². The molecular weight excluding hydrogens is 370 g/mol. The van der Waals surface area contributed by atoms with Gasteiger partial charge in [-0.25, -0.2) is 0 Å². The van der Waals surface area contributed by atoms with E-state index in [0.29, 0.717) is 18.8 Å². The highest BCUT2D eigenvalue weighted by Crippen LogP contribution is 2.38. The second kappa shape index (κ2) is 7.90. The van der Waals surface area contributed by atoms with Crippen LogP contribution in [0.25, 0.3) is 17.2 Å². The van der Waals surface area contributed by atoms with Gasteiger partial charge in [0.1, 0.15) is 31.0 Å². The molecule has 0 aliphatic carbocycles. The molecule has 4 rings (SSSR count). The van der Waals surface area contributed by atoms with E-state index in [9.17, 15) is 4.79 Å². The van der Waals surface area contributed by atoms with Crippen molar-refractivity contribution in [3.63, 3.8) is 0 Å². The fourth-order valence-electron chi connectivity index (χ4n) is 3.13. The van der Waals surface area contributed by atoms with Crippen LogP contribution < -0.4 is 14.4 Å². The first kappa shape index (κ1) is 18.3. The molecule has 0 N–H and O–H groups in total. The van der Waals surface area contributed by atoms with Gasteiger partial charge in [-0.2, -0.15) is 0 Å². The molecule has 142 valence electrons. The fourth-order valence-corrected chi connectivity index (χ4v) is 4.15. The molecule has 4 nitrogen and oxygen atoms in total. The number of anilines is 1. The smallest absolute Gasteiger partial charge is 0.149 e. The third-order valence-corrected chi connectivity index (χ3v) is 5.78. The van der Waals surface area contributed by atoms with Gasteiger partial charge in [0.15, 0.2) is 0 Å². The van der Waals surface area contributed by atoms with Crippen molar-refractivity contribution in [2.24, 2.45) is 0 Å². The number of carbonyl (C=O) groups is 1. The minimum atomic E-state index is 0.303. The first-order valence-corrected chi connectivity index (χ1v) is 9.86. The topological polar surface area (TPSA) is 38.8 Å². The van der Waals surface area contributed by atoms with Crippen molar-refractivity contribution < 1.29 is 14.3 Å². The minimum Gasteiger partial charge on any atom is -0.488 e. The maximum Gasteiger partial charge on any atom is 0.149 e. The van der Waals surface area contributed by atoms with Gasteiger partial charge in [0.25, 0.3) is 0 Å². The molecule has 1 aliphatic rings. The lowest BCUT2D eigenvalue weighted by Gasteiger charge is -2.16. The molecule has 0 spiro atoms. The van der Waals surface area contributed by atoms with Crippen molar-refractivity contribution in [1.82, 2.24) is 0 Å². The molecule has 0 saturated carbocycles. The summed E-state index contributed by atoms with van der Waals surface area (Å²) < 4.78 is 11.7. The zero-order chi connectivity index (χ0) is 19.5. The molecule has 0 bridgehead atoms. The first-order valence-electron chi connectivity index (χ1n) is 9.05. The highest BCUT2D eigenvalue weighted by molar-refractivity contribution is 7.16. The summed E-state index contributed by atoms with van der Waals surface area (Å²) >= 11 is 1.74. The van der Waals surface area contributed by atoms with E-state index < -0.39 is 0 Å². The lowest BCUT2D eigenvalue weighted by Crippen LogP contribution is -2.08. The molecule has 2 aromatic carbocycles. The minimum absolute atomic E-state index is 0.303. The van der Waals surface area contributed by atoms with Crippen molar-refractivity contribution in [2.75, 3.05) is 25.6 Å². The van der Waals surface area contributed by atoms with Crippen molar-refractivity contribution >= 4 is 28.7 Å². The van der Waals surface area contributed by atoms with Crippen molar-refractivity contribution in [1.29, 1.82) is 0 Å². The number of hydrogen-bond acceptors (Lipinski definition) is 5. The molecule has 2 heterocycles. The number of aldehydes is 1. The van der Waals surface area contributed by atoms with Crippen LogP contribution in [-0.2, 0) is 11.4 Å². The zero-order valence-corrected chi connectivity index (χ0v) is 16.7. The highest BCUT2D eigenvalue weighted by atomic mass is 32.1. The molecule has 0 fully saturated rings. The molecule has 0 unspecified atom stereocenters. The lowest BCUT2D eigenvalue weighted by molar-refractivity contribution is -0.105. The van der Waals surface area contributed by atoms with E-state index in [-0.39, 0.29) is 0 Å². The van der Waals surface area contributed by atoms with Crippen LogP contribution in [0.5, 0.6) is 11.5 Å². The predicted molar refractivity (Wildman–Crippen MR) is 114 cm³/mol. The maximum atomic E-state index is 10.9. The number of thiophene rings is 1. The standard InChI is InChI=1S/C23H21NO3S/c1-24(2)23-21(17-6-4-3-5-7-17)12-20(28-23)15-26-19-9-8-18-10-16(13-25)14-27-22(18)11-19/h3-13H,14-15H2,1-2H3. The van der Waals surface area contributed by atoms with Crippen LogP contribution in [0, 0.1) is 0 Å². The monoisotopic (exact) mass is 391 g/mol. The largest absolute Gasteiger partial charge is 0.488 e. The van der Waals surface area contributed by atoms with Gasteiger partial charge >= 0.3 is 0 Å². The van der Waals surface area contributed by atoms with Crippen LogP contribution in [0.3, 0.4) is 0 Å². The van der Waals surface area contributed by atoms with Crippen molar-refractivity contribution in [3.8, 4) is 22.6 Å². The van der Waals surface area contributed by atoms with Crippen LogP contribution in [0.4, 0.5) is 5.00 Å². The molecule has 0 atom stereocenters. The maximum absolute atomic E-state index is 10.9. The van der Waals surface area contributed by atoms with Crippen LogP contribution in [0.1, 0.15) is 10.4 Å². The van der Waals surface area contributed by atoms with Crippen LogP contribution in [0.2, 0.25) is 0 Å². The normalized spacial score (nSPS) is 12.6. The number of carbonyl (C=O) groups excluding carboxylic acids is 1. The summed E-state index contributed by atoms with van der Waals surface area (Å²) in [6.45, 7) is 0.796. The molecule has 0 amide bonds. The third-order valence-electron chi connectivity index (χ3n) is 4.51. The predicted octanol–water partition coefficient (Wildman–Crippen LogP) is 5.03. The molecule has 1 aliphatic heterocycles. The summed E-state index contributed by atoms with van der Waals surface area (Å²) in [6.07, 6.45) is 2.68. The summed E-state index contributed by atoms with van der Waals surface area (Å²) in [4.78, 5) is 14.2. The number of benzene rings is 2. The van der Waals surface area contributed by atoms with Crippen LogP contribution >= 0.6 is 11.3 Å². The Morgan fingerprint density at radius 1 is 1.14 bits per heavy atom. The second-order valence-corrected chi connectivity index (χ2v) is 7.92. The van der Waals surface area contributed by atoms with Gasteiger partial charge in [0.2, 0.25) is 0 Å². The summed E-state index contributed by atoms with van der Waals surface area (Å²) in [5.74, 6) is 1.50. The van der Waals surface area contributed by atoms with E-state index in [0.717, 1.165) is 28.2 Å². The Labute approximate surface area is 168 Å². The number of nitrogens with zero attached hydrogens (tertiary/aromatic N) is 1. The fraction of sp³-hybridized carbons (Fsp3) is 0.174. The average molecular weight is 391 g/mol. The summed E-state index contributed by atoms with van der Waals surface area (Å²) in [6, 6.07) is 18.3. The first-order chi connectivity index (χ1) is 13.6. The third kappa shape index (κ3) is 3.80. The molecular formula is C23H21NO3S. The Bertz CT molecular complexity index is 1020. The Hall–Kier alpha value is -3.05. The van der Waals surface area contributed by atoms with Crippen molar-refractivity contribution in [3.05, 3.63) is 70.6 Å².